The van der Waals surface area contributed by atoms with Gasteiger partial charge in [0.15, 0.2) is 0 Å². The molecular weight excluding hydrogens is 276 g/mol. The first kappa shape index (κ1) is 13.9. The Labute approximate surface area is 121 Å². The third-order valence-corrected chi connectivity index (χ3v) is 4.57. The first-order valence-corrected chi connectivity index (χ1v) is 7.82. The van der Waals surface area contributed by atoms with Crippen LogP contribution in [0.2, 0.25) is 0 Å². The largest absolute Gasteiger partial charge is 0.494 e. The molecule has 0 N–H and O–H groups in total. The highest BCUT2D eigenvalue weighted by Gasteiger charge is 2.00. The van der Waals surface area contributed by atoms with Crippen molar-refractivity contribution in [2.24, 2.45) is 0 Å². The maximum Gasteiger partial charge on any atom is 0.150 e. The Hall–Kier alpha value is -1.51. The lowest BCUT2D eigenvalue weighted by Crippen LogP contribution is -1.98. The van der Waals surface area contributed by atoms with Crippen molar-refractivity contribution >= 4 is 23.1 Å². The van der Waals surface area contributed by atoms with Gasteiger partial charge in [0.05, 0.1) is 18.2 Å². The van der Waals surface area contributed by atoms with Gasteiger partial charge in [-0.05, 0) is 31.5 Å². The van der Waals surface area contributed by atoms with Crippen LogP contribution in [0.3, 0.4) is 0 Å². The zero-order chi connectivity index (χ0) is 13.5. The third-order valence-electron chi connectivity index (χ3n) is 2.34. The molecule has 1 heterocycles. The molecule has 0 unspecified atom stereocenters. The number of nitriles is 1. The molecule has 0 saturated heterocycles. The molecule has 0 aliphatic heterocycles. The number of aromatic nitrogens is 1. The Kier molecular flexibility index (Phi) is 5.25. The molecule has 0 saturated carbocycles. The highest BCUT2D eigenvalue weighted by Crippen LogP contribution is 2.23. The van der Waals surface area contributed by atoms with Gasteiger partial charge in [-0.15, -0.1) is 11.3 Å². The molecule has 0 atom stereocenters. The van der Waals surface area contributed by atoms with Crippen molar-refractivity contribution < 1.29 is 4.74 Å². The van der Waals surface area contributed by atoms with Gasteiger partial charge in [-0.25, -0.2) is 4.98 Å². The maximum absolute atomic E-state index is 8.79. The number of thiazole rings is 1. The summed E-state index contributed by atoms with van der Waals surface area (Å²) in [7, 11) is 0. The summed E-state index contributed by atoms with van der Waals surface area (Å²) in [6, 6.07) is 9.34. The van der Waals surface area contributed by atoms with Gasteiger partial charge < -0.3 is 4.74 Å². The molecule has 0 radical (unpaired) electrons. The third kappa shape index (κ3) is 4.58. The van der Waals surface area contributed by atoms with E-state index in [2.05, 4.69) is 16.4 Å². The van der Waals surface area contributed by atoms with E-state index in [1.54, 1.807) is 35.2 Å². The zero-order valence-electron chi connectivity index (χ0n) is 10.6. The number of rotatable bonds is 6. The minimum Gasteiger partial charge on any atom is -0.494 e. The molecule has 0 amide bonds. The predicted octanol–water partition coefficient (Wildman–Crippen LogP) is 3.88. The molecule has 0 aliphatic carbocycles. The van der Waals surface area contributed by atoms with Gasteiger partial charge in [0, 0.05) is 16.8 Å². The molecule has 2 rings (SSSR count). The number of thioether (sulfide) groups is 1. The van der Waals surface area contributed by atoms with E-state index in [0.717, 1.165) is 28.0 Å². The van der Waals surface area contributed by atoms with Crippen molar-refractivity contribution in [1.82, 2.24) is 4.98 Å². The van der Waals surface area contributed by atoms with Gasteiger partial charge in [-0.2, -0.15) is 5.26 Å². The molecule has 1 aromatic carbocycles. The van der Waals surface area contributed by atoms with Gasteiger partial charge in [0.2, 0.25) is 0 Å². The molecule has 0 aliphatic rings. The Morgan fingerprint density at radius 1 is 1.47 bits per heavy atom. The zero-order valence-corrected chi connectivity index (χ0v) is 12.3. The Bertz CT molecular complexity index is 575. The van der Waals surface area contributed by atoms with Gasteiger partial charge in [-0.3, -0.25) is 0 Å². The first-order valence-electron chi connectivity index (χ1n) is 5.96. The summed E-state index contributed by atoms with van der Waals surface area (Å²) in [5.74, 6) is 1.75. The fraction of sp³-hybridized carbons (Fsp3) is 0.286. The molecule has 0 spiro atoms. The summed E-state index contributed by atoms with van der Waals surface area (Å²) in [6.45, 7) is 2.66. The summed E-state index contributed by atoms with van der Waals surface area (Å²) in [4.78, 5) is 4.39. The minimum atomic E-state index is 0.630. The Morgan fingerprint density at radius 3 is 3.11 bits per heavy atom. The van der Waals surface area contributed by atoms with E-state index >= 15 is 0 Å². The van der Waals surface area contributed by atoms with Gasteiger partial charge in [0.25, 0.3) is 0 Å². The molecule has 0 bridgehead atoms. The van der Waals surface area contributed by atoms with E-state index in [-0.39, 0.29) is 0 Å². The summed E-state index contributed by atoms with van der Waals surface area (Å²) in [6.07, 6.45) is 0.958. The average Bonchev–Trinajstić information content (AvgIpc) is 2.84. The monoisotopic (exact) mass is 290 g/mol. The van der Waals surface area contributed by atoms with Gasteiger partial charge >= 0.3 is 0 Å². The molecule has 19 heavy (non-hydrogen) atoms. The summed E-state index contributed by atoms with van der Waals surface area (Å²) < 4.78 is 6.72. The number of hydrogen-bond donors (Lipinski definition) is 0. The number of benzene rings is 1. The van der Waals surface area contributed by atoms with Crippen LogP contribution < -0.4 is 4.74 Å². The van der Waals surface area contributed by atoms with Crippen molar-refractivity contribution in [3.63, 3.8) is 0 Å². The minimum absolute atomic E-state index is 0.630. The van der Waals surface area contributed by atoms with Crippen LogP contribution in [0.5, 0.6) is 5.75 Å². The number of hydrogen-bond acceptors (Lipinski definition) is 5. The highest BCUT2D eigenvalue weighted by molar-refractivity contribution is 8.00. The second-order valence-electron chi connectivity index (χ2n) is 3.94. The second-order valence-corrected chi connectivity index (χ2v) is 6.15. The molecule has 1 aromatic heterocycles. The topological polar surface area (TPSA) is 45.9 Å². The van der Waals surface area contributed by atoms with Gasteiger partial charge in [0.1, 0.15) is 10.1 Å². The fourth-order valence-corrected chi connectivity index (χ4v) is 3.30. The quantitative estimate of drug-likeness (QED) is 0.598. The lowest BCUT2D eigenvalue weighted by Gasteiger charge is -2.05. The molecule has 98 valence electrons. The van der Waals surface area contributed by atoms with Crippen molar-refractivity contribution in [3.8, 4) is 11.8 Å². The lowest BCUT2D eigenvalue weighted by atomic mass is 10.2. The number of ether oxygens (including phenoxy) is 1. The summed E-state index contributed by atoms with van der Waals surface area (Å²) in [5, 5.41) is 10.8. The highest BCUT2D eigenvalue weighted by atomic mass is 32.2. The molecule has 3 nitrogen and oxygen atoms in total. The molecular formula is C14H14N2OS2. The standard InChI is InChI=1S/C14H14N2OS2/c1-11-10-19-14(16-11)18-7-3-6-17-13-5-2-4-12(8-13)9-15/h2,4-5,8,10H,3,6-7H2,1H3. The maximum atomic E-state index is 8.79. The van der Waals surface area contributed by atoms with E-state index in [9.17, 15) is 0 Å². The van der Waals surface area contributed by atoms with Crippen molar-refractivity contribution in [2.75, 3.05) is 12.4 Å². The van der Waals surface area contributed by atoms with Crippen LogP contribution in [-0.2, 0) is 0 Å². The predicted molar refractivity (Wildman–Crippen MR) is 78.8 cm³/mol. The van der Waals surface area contributed by atoms with Crippen molar-refractivity contribution in [3.05, 3.63) is 40.9 Å². The van der Waals surface area contributed by atoms with E-state index < -0.39 is 0 Å². The van der Waals surface area contributed by atoms with E-state index in [1.165, 1.54) is 0 Å². The lowest BCUT2D eigenvalue weighted by molar-refractivity contribution is 0.318. The van der Waals surface area contributed by atoms with Gasteiger partial charge in [-0.1, -0.05) is 17.8 Å². The SMILES string of the molecule is Cc1csc(SCCCOc2cccc(C#N)c2)n1. The Morgan fingerprint density at radius 2 is 2.37 bits per heavy atom. The molecule has 5 heteroatoms. The van der Waals surface area contributed by atoms with Crippen LogP contribution in [0.25, 0.3) is 0 Å². The van der Waals surface area contributed by atoms with Crippen LogP contribution in [0.1, 0.15) is 17.7 Å². The number of aryl methyl sites for hydroxylation is 1. The molecule has 0 fully saturated rings. The smallest absolute Gasteiger partial charge is 0.150 e. The fourth-order valence-electron chi connectivity index (χ4n) is 1.46. The van der Waals surface area contributed by atoms with E-state index in [4.69, 9.17) is 10.00 Å². The normalized spacial score (nSPS) is 10.1. The van der Waals surface area contributed by atoms with Crippen LogP contribution in [0.4, 0.5) is 0 Å². The summed E-state index contributed by atoms with van der Waals surface area (Å²) >= 11 is 3.44. The van der Waals surface area contributed by atoms with Crippen LogP contribution >= 0.6 is 23.1 Å². The summed E-state index contributed by atoms with van der Waals surface area (Å²) in [5.41, 5.74) is 1.71. The number of nitrogens with zero attached hydrogens (tertiary/aromatic N) is 2. The van der Waals surface area contributed by atoms with E-state index in [1.807, 2.05) is 19.1 Å². The van der Waals surface area contributed by atoms with Crippen LogP contribution in [0.15, 0.2) is 34.0 Å². The first-order chi connectivity index (χ1) is 9.28. The van der Waals surface area contributed by atoms with Crippen LogP contribution in [0, 0.1) is 18.3 Å². The van der Waals surface area contributed by atoms with Crippen molar-refractivity contribution in [1.29, 1.82) is 5.26 Å². The Balaban J connectivity index is 1.68. The van der Waals surface area contributed by atoms with Crippen molar-refractivity contribution in [2.45, 2.75) is 17.7 Å². The van der Waals surface area contributed by atoms with E-state index in [0.29, 0.717) is 12.2 Å². The van der Waals surface area contributed by atoms with Crippen LogP contribution in [-0.4, -0.2) is 17.3 Å². The second kappa shape index (κ2) is 7.17. The average molecular weight is 290 g/mol. The molecule has 2 aromatic rings.